The SMILES string of the molecule is COCCNCCNS(=O)(=O)c1ccc([N+](=O)[O-])c(OC)c1. The molecule has 1 rings (SSSR count). The van der Waals surface area contributed by atoms with E-state index < -0.39 is 14.9 Å². The molecule has 2 N–H and O–H groups in total. The third-order valence-corrected chi connectivity index (χ3v) is 4.19. The quantitative estimate of drug-likeness (QED) is 0.354. The normalized spacial score (nSPS) is 11.4. The molecular weight excluding hydrogens is 314 g/mol. The Morgan fingerprint density at radius 2 is 1.95 bits per heavy atom. The van der Waals surface area contributed by atoms with E-state index in [2.05, 4.69) is 10.0 Å². The molecule has 0 heterocycles. The van der Waals surface area contributed by atoms with E-state index in [4.69, 9.17) is 9.47 Å². The molecule has 0 amide bonds. The lowest BCUT2D eigenvalue weighted by Gasteiger charge is -2.09. The fourth-order valence-electron chi connectivity index (χ4n) is 1.63. The highest BCUT2D eigenvalue weighted by Gasteiger charge is 2.20. The van der Waals surface area contributed by atoms with E-state index in [1.165, 1.54) is 13.2 Å². The van der Waals surface area contributed by atoms with Crippen molar-refractivity contribution in [3.63, 3.8) is 0 Å². The molecule has 0 saturated heterocycles. The van der Waals surface area contributed by atoms with Crippen LogP contribution in [0.15, 0.2) is 23.1 Å². The summed E-state index contributed by atoms with van der Waals surface area (Å²) in [5.74, 6) is -0.105. The zero-order valence-corrected chi connectivity index (χ0v) is 13.2. The van der Waals surface area contributed by atoms with Crippen LogP contribution >= 0.6 is 0 Å². The van der Waals surface area contributed by atoms with Crippen LogP contribution in [0.4, 0.5) is 5.69 Å². The standard InChI is InChI=1S/C12H19N3O6S/c1-20-8-7-13-5-6-14-22(18,19)10-3-4-11(15(16)17)12(9-10)21-2/h3-4,9,13-14H,5-8H2,1-2H3. The molecule has 22 heavy (non-hydrogen) atoms. The van der Waals surface area contributed by atoms with Crippen LogP contribution in [0.1, 0.15) is 0 Å². The molecular formula is C12H19N3O6S. The fourth-order valence-corrected chi connectivity index (χ4v) is 2.68. The summed E-state index contributed by atoms with van der Waals surface area (Å²) in [6, 6.07) is 3.39. The van der Waals surface area contributed by atoms with Crippen molar-refractivity contribution in [1.29, 1.82) is 0 Å². The van der Waals surface area contributed by atoms with Crippen LogP contribution in [-0.4, -0.2) is 53.8 Å². The summed E-state index contributed by atoms with van der Waals surface area (Å²) in [7, 11) is -0.934. The van der Waals surface area contributed by atoms with Crippen LogP contribution in [-0.2, 0) is 14.8 Å². The Morgan fingerprint density at radius 3 is 2.55 bits per heavy atom. The molecule has 1 aromatic rings. The van der Waals surface area contributed by atoms with Gasteiger partial charge in [0.05, 0.1) is 23.5 Å². The molecule has 9 nitrogen and oxygen atoms in total. The van der Waals surface area contributed by atoms with E-state index >= 15 is 0 Å². The van der Waals surface area contributed by atoms with Crippen molar-refractivity contribution < 1.29 is 22.8 Å². The van der Waals surface area contributed by atoms with E-state index in [0.717, 1.165) is 12.1 Å². The number of nitro benzene ring substituents is 1. The maximum absolute atomic E-state index is 12.1. The van der Waals surface area contributed by atoms with Gasteiger partial charge >= 0.3 is 5.69 Å². The summed E-state index contributed by atoms with van der Waals surface area (Å²) in [6.07, 6.45) is 0. The number of nitro groups is 1. The number of sulfonamides is 1. The molecule has 0 saturated carbocycles. The minimum atomic E-state index is -3.75. The first-order valence-electron chi connectivity index (χ1n) is 6.44. The summed E-state index contributed by atoms with van der Waals surface area (Å²) in [5.41, 5.74) is -0.289. The second kappa shape index (κ2) is 8.63. The van der Waals surface area contributed by atoms with E-state index in [0.29, 0.717) is 19.7 Å². The summed E-state index contributed by atoms with van der Waals surface area (Å²) < 4.78 is 36.3. The van der Waals surface area contributed by atoms with Crippen LogP contribution < -0.4 is 14.8 Å². The lowest BCUT2D eigenvalue weighted by atomic mass is 10.3. The molecule has 124 valence electrons. The van der Waals surface area contributed by atoms with Gasteiger partial charge in [0.2, 0.25) is 10.0 Å². The van der Waals surface area contributed by atoms with E-state index in [1.807, 2.05) is 0 Å². The van der Waals surface area contributed by atoms with Crippen LogP contribution in [0.5, 0.6) is 5.75 Å². The Hall–Kier alpha value is -1.75. The molecule has 0 aliphatic carbocycles. The number of ether oxygens (including phenoxy) is 2. The maximum Gasteiger partial charge on any atom is 0.310 e. The topological polar surface area (TPSA) is 120 Å². The minimum Gasteiger partial charge on any atom is -0.490 e. The highest BCUT2D eigenvalue weighted by atomic mass is 32.2. The highest BCUT2D eigenvalue weighted by Crippen LogP contribution is 2.29. The van der Waals surface area contributed by atoms with Crippen molar-refractivity contribution in [3.05, 3.63) is 28.3 Å². The van der Waals surface area contributed by atoms with Crippen LogP contribution in [0.25, 0.3) is 0 Å². The van der Waals surface area contributed by atoms with E-state index in [1.54, 1.807) is 7.11 Å². The van der Waals surface area contributed by atoms with Gasteiger partial charge in [-0.15, -0.1) is 0 Å². The summed E-state index contributed by atoms with van der Waals surface area (Å²) in [4.78, 5) is 10.1. The monoisotopic (exact) mass is 333 g/mol. The highest BCUT2D eigenvalue weighted by molar-refractivity contribution is 7.89. The predicted octanol–water partition coefficient (Wildman–Crippen LogP) is 0.118. The number of rotatable bonds is 10. The van der Waals surface area contributed by atoms with E-state index in [9.17, 15) is 18.5 Å². The molecule has 10 heteroatoms. The van der Waals surface area contributed by atoms with Gasteiger partial charge in [-0.3, -0.25) is 10.1 Å². The van der Waals surface area contributed by atoms with Crippen molar-refractivity contribution in [2.24, 2.45) is 0 Å². The molecule has 0 atom stereocenters. The van der Waals surface area contributed by atoms with Crippen molar-refractivity contribution in [2.45, 2.75) is 4.90 Å². The third kappa shape index (κ3) is 5.22. The molecule has 0 unspecified atom stereocenters. The first kappa shape index (κ1) is 18.3. The van der Waals surface area contributed by atoms with Crippen molar-refractivity contribution >= 4 is 15.7 Å². The van der Waals surface area contributed by atoms with Gasteiger partial charge in [-0.2, -0.15) is 0 Å². The molecule has 0 radical (unpaired) electrons. The van der Waals surface area contributed by atoms with Gasteiger partial charge in [-0.05, 0) is 6.07 Å². The van der Waals surface area contributed by atoms with Gasteiger partial charge in [0.15, 0.2) is 5.75 Å². The van der Waals surface area contributed by atoms with Gasteiger partial charge < -0.3 is 14.8 Å². The zero-order valence-electron chi connectivity index (χ0n) is 12.4. The number of hydrogen-bond donors (Lipinski definition) is 2. The molecule has 0 spiro atoms. The first-order valence-corrected chi connectivity index (χ1v) is 7.92. The molecule has 0 aliphatic heterocycles. The van der Waals surface area contributed by atoms with Gasteiger partial charge in [0.25, 0.3) is 0 Å². The number of nitrogens with zero attached hydrogens (tertiary/aromatic N) is 1. The smallest absolute Gasteiger partial charge is 0.310 e. The number of hydrogen-bond acceptors (Lipinski definition) is 7. The predicted molar refractivity (Wildman–Crippen MR) is 79.6 cm³/mol. The molecule has 0 fully saturated rings. The Kier molecular flexibility index (Phi) is 7.18. The lowest BCUT2D eigenvalue weighted by molar-refractivity contribution is -0.385. The Labute approximate surface area is 128 Å². The van der Waals surface area contributed by atoms with E-state index in [-0.39, 0.29) is 22.9 Å². The molecule has 0 aliphatic rings. The molecule has 0 aromatic heterocycles. The first-order chi connectivity index (χ1) is 10.4. The maximum atomic E-state index is 12.1. The second-order valence-electron chi connectivity index (χ2n) is 4.23. The van der Waals surface area contributed by atoms with Crippen molar-refractivity contribution in [2.75, 3.05) is 40.5 Å². The summed E-state index contributed by atoms with van der Waals surface area (Å²) in [6.45, 7) is 1.77. The van der Waals surface area contributed by atoms with Crippen molar-refractivity contribution in [3.8, 4) is 5.75 Å². The molecule has 0 bridgehead atoms. The minimum absolute atomic E-state index is 0.0909. The number of nitrogens with one attached hydrogen (secondary N) is 2. The van der Waals surface area contributed by atoms with Gasteiger partial charge in [0, 0.05) is 38.9 Å². The van der Waals surface area contributed by atoms with Crippen molar-refractivity contribution in [1.82, 2.24) is 10.0 Å². The zero-order chi connectivity index (χ0) is 16.6. The second-order valence-corrected chi connectivity index (χ2v) is 6.00. The number of benzene rings is 1. The Bertz CT molecular complexity index is 605. The summed E-state index contributed by atoms with van der Waals surface area (Å²) in [5, 5.41) is 13.8. The summed E-state index contributed by atoms with van der Waals surface area (Å²) >= 11 is 0. The Balaban J connectivity index is 2.71. The molecule has 1 aromatic carbocycles. The Morgan fingerprint density at radius 1 is 1.23 bits per heavy atom. The van der Waals surface area contributed by atoms with Gasteiger partial charge in [-0.25, -0.2) is 13.1 Å². The lowest BCUT2D eigenvalue weighted by Crippen LogP contribution is -2.33. The number of methoxy groups -OCH3 is 2. The van der Waals surface area contributed by atoms with Crippen LogP contribution in [0.2, 0.25) is 0 Å². The van der Waals surface area contributed by atoms with Crippen LogP contribution in [0, 0.1) is 10.1 Å². The fraction of sp³-hybridized carbons (Fsp3) is 0.500. The van der Waals surface area contributed by atoms with Gasteiger partial charge in [-0.1, -0.05) is 0 Å². The third-order valence-electron chi connectivity index (χ3n) is 2.74. The van der Waals surface area contributed by atoms with Crippen LogP contribution in [0.3, 0.4) is 0 Å². The largest absolute Gasteiger partial charge is 0.490 e. The average Bonchev–Trinajstić information content (AvgIpc) is 2.49. The average molecular weight is 333 g/mol. The van der Waals surface area contributed by atoms with Gasteiger partial charge in [0.1, 0.15) is 0 Å².